The minimum absolute atomic E-state index is 0.0176. The Hall–Kier alpha value is -2.93. The van der Waals surface area contributed by atoms with Crippen LogP contribution >= 0.6 is 47.4 Å². The first-order valence-corrected chi connectivity index (χ1v) is 11.6. The van der Waals surface area contributed by atoms with Gasteiger partial charge in [0, 0.05) is 17.1 Å². The average molecular weight is 523 g/mol. The van der Waals surface area contributed by atoms with Crippen molar-refractivity contribution in [1.29, 1.82) is 0 Å². The number of amides is 1. The van der Waals surface area contributed by atoms with Gasteiger partial charge in [-0.3, -0.25) is 14.6 Å². The first-order valence-electron chi connectivity index (χ1n) is 9.57. The average Bonchev–Trinajstić information content (AvgIpc) is 3.08. The molecule has 33 heavy (non-hydrogen) atoms. The van der Waals surface area contributed by atoms with Gasteiger partial charge in [-0.25, -0.2) is 14.4 Å². The molecule has 0 aliphatic heterocycles. The third-order valence-electron chi connectivity index (χ3n) is 4.42. The van der Waals surface area contributed by atoms with E-state index in [1.165, 1.54) is 34.5 Å². The lowest BCUT2D eigenvalue weighted by molar-refractivity contribution is -0.116. The van der Waals surface area contributed by atoms with Gasteiger partial charge in [0.25, 0.3) is 0 Å². The summed E-state index contributed by atoms with van der Waals surface area (Å²) in [4.78, 5) is 21.3. The number of hydrogen-bond acceptors (Lipinski definition) is 8. The SMILES string of the molecule is CCOc1cc2ncnc(Nc3ccc(F)c(Cl)c3)c2cc1NC(=O)Cn1[nH]c(=S)sc1=S. The summed E-state index contributed by atoms with van der Waals surface area (Å²) in [5, 5.41) is 9.41. The van der Waals surface area contributed by atoms with E-state index >= 15 is 0 Å². The van der Waals surface area contributed by atoms with Crippen LogP contribution in [-0.4, -0.2) is 32.3 Å². The van der Waals surface area contributed by atoms with Crippen LogP contribution in [0.2, 0.25) is 5.02 Å². The van der Waals surface area contributed by atoms with E-state index in [0.717, 1.165) is 0 Å². The van der Waals surface area contributed by atoms with Gasteiger partial charge in [0.05, 0.1) is 22.8 Å². The van der Waals surface area contributed by atoms with E-state index in [2.05, 4.69) is 25.7 Å². The second-order valence-electron chi connectivity index (χ2n) is 6.68. The van der Waals surface area contributed by atoms with Crippen LogP contribution in [0.25, 0.3) is 10.9 Å². The number of aromatic nitrogens is 4. The van der Waals surface area contributed by atoms with Crippen molar-refractivity contribution >= 4 is 81.4 Å². The summed E-state index contributed by atoms with van der Waals surface area (Å²) in [5.41, 5.74) is 1.57. The van der Waals surface area contributed by atoms with Gasteiger partial charge in [0.15, 0.2) is 7.91 Å². The molecule has 0 unspecified atom stereocenters. The van der Waals surface area contributed by atoms with E-state index in [9.17, 15) is 9.18 Å². The Balaban J connectivity index is 1.69. The number of H-pyrrole nitrogens is 1. The number of carbonyl (C=O) groups excluding carboxylic acids is 1. The number of rotatable bonds is 7. The number of aromatic amines is 1. The van der Waals surface area contributed by atoms with Crippen LogP contribution in [-0.2, 0) is 11.3 Å². The topological polar surface area (TPSA) is 96.9 Å². The maximum Gasteiger partial charge on any atom is 0.246 e. The van der Waals surface area contributed by atoms with Crippen LogP contribution in [0.3, 0.4) is 0 Å². The second-order valence-corrected chi connectivity index (χ2v) is 9.39. The number of benzene rings is 2. The van der Waals surface area contributed by atoms with Crippen LogP contribution in [0.1, 0.15) is 6.92 Å². The number of ether oxygens (including phenoxy) is 1. The van der Waals surface area contributed by atoms with E-state index in [4.69, 9.17) is 40.8 Å². The second kappa shape index (κ2) is 9.91. The maximum atomic E-state index is 13.5. The monoisotopic (exact) mass is 522 g/mol. The lowest BCUT2D eigenvalue weighted by Crippen LogP contribution is -2.20. The summed E-state index contributed by atoms with van der Waals surface area (Å²) < 4.78 is 21.7. The van der Waals surface area contributed by atoms with Gasteiger partial charge in [-0.15, -0.1) is 0 Å². The minimum atomic E-state index is -0.521. The fraction of sp³-hybridized carbons (Fsp3) is 0.150. The Morgan fingerprint density at radius 3 is 2.82 bits per heavy atom. The molecule has 3 N–H and O–H groups in total. The highest BCUT2D eigenvalue weighted by Crippen LogP contribution is 2.34. The van der Waals surface area contributed by atoms with Crippen LogP contribution < -0.4 is 15.4 Å². The molecule has 13 heteroatoms. The molecule has 170 valence electrons. The third kappa shape index (κ3) is 5.36. The number of fused-ring (bicyclic) bond motifs is 1. The predicted octanol–water partition coefficient (Wildman–Crippen LogP) is 5.85. The number of nitrogens with one attached hydrogen (secondary N) is 3. The lowest BCUT2D eigenvalue weighted by atomic mass is 10.1. The predicted molar refractivity (Wildman–Crippen MR) is 132 cm³/mol. The van der Waals surface area contributed by atoms with Gasteiger partial charge in [0.1, 0.15) is 30.3 Å². The maximum absolute atomic E-state index is 13.5. The highest BCUT2D eigenvalue weighted by Gasteiger charge is 2.15. The van der Waals surface area contributed by atoms with Crippen molar-refractivity contribution < 1.29 is 13.9 Å². The molecule has 0 aliphatic carbocycles. The molecule has 4 rings (SSSR count). The largest absolute Gasteiger partial charge is 0.492 e. The highest BCUT2D eigenvalue weighted by atomic mass is 35.5. The number of carbonyl (C=O) groups is 1. The quantitative estimate of drug-likeness (QED) is 0.262. The molecule has 2 heterocycles. The molecule has 1 amide bonds. The number of anilines is 3. The number of hydrogen-bond donors (Lipinski definition) is 3. The molecule has 0 aliphatic rings. The van der Waals surface area contributed by atoms with Crippen molar-refractivity contribution in [3.05, 3.63) is 55.4 Å². The zero-order valence-corrected chi connectivity index (χ0v) is 20.2. The molecule has 4 aromatic rings. The van der Waals surface area contributed by atoms with Gasteiger partial charge in [-0.2, -0.15) is 0 Å². The number of halogens is 2. The molecule has 0 saturated carbocycles. The van der Waals surface area contributed by atoms with Gasteiger partial charge in [-0.1, -0.05) is 22.9 Å². The Bertz CT molecular complexity index is 1470. The van der Waals surface area contributed by atoms with Crippen molar-refractivity contribution in [2.24, 2.45) is 0 Å². The van der Waals surface area contributed by atoms with Gasteiger partial charge >= 0.3 is 0 Å². The zero-order valence-electron chi connectivity index (χ0n) is 17.0. The van der Waals surface area contributed by atoms with Crippen LogP contribution in [0.15, 0.2) is 36.7 Å². The van der Waals surface area contributed by atoms with E-state index in [1.807, 2.05) is 6.92 Å². The van der Waals surface area contributed by atoms with Crippen LogP contribution in [0.5, 0.6) is 5.75 Å². The highest BCUT2D eigenvalue weighted by molar-refractivity contribution is 7.75. The summed E-state index contributed by atoms with van der Waals surface area (Å²) in [7, 11) is 0. The Morgan fingerprint density at radius 2 is 2.12 bits per heavy atom. The van der Waals surface area contributed by atoms with Gasteiger partial charge in [0.2, 0.25) is 5.91 Å². The van der Waals surface area contributed by atoms with Crippen LogP contribution in [0.4, 0.5) is 21.6 Å². The van der Waals surface area contributed by atoms with E-state index < -0.39 is 5.82 Å². The van der Waals surface area contributed by atoms with Gasteiger partial charge < -0.3 is 15.4 Å². The van der Waals surface area contributed by atoms with Crippen molar-refractivity contribution in [1.82, 2.24) is 19.7 Å². The van der Waals surface area contributed by atoms with E-state index in [-0.39, 0.29) is 17.5 Å². The normalized spacial score (nSPS) is 10.9. The molecule has 0 radical (unpaired) electrons. The fourth-order valence-electron chi connectivity index (χ4n) is 3.02. The molecular weight excluding hydrogens is 507 g/mol. The molecule has 8 nitrogen and oxygen atoms in total. The van der Waals surface area contributed by atoms with Crippen molar-refractivity contribution in [3.8, 4) is 5.75 Å². The lowest BCUT2D eigenvalue weighted by Gasteiger charge is -2.15. The summed E-state index contributed by atoms with van der Waals surface area (Å²) in [6, 6.07) is 7.68. The first kappa shape index (κ1) is 23.2. The first-order chi connectivity index (χ1) is 15.8. The van der Waals surface area contributed by atoms with Crippen molar-refractivity contribution in [3.63, 3.8) is 0 Å². The molecule has 0 bridgehead atoms. The molecule has 2 aromatic heterocycles. The molecule has 2 aromatic carbocycles. The fourth-order valence-corrected chi connectivity index (χ4v) is 4.60. The molecule has 0 fully saturated rings. The summed E-state index contributed by atoms with van der Waals surface area (Å²) in [5.74, 6) is 0.0550. The Morgan fingerprint density at radius 1 is 1.30 bits per heavy atom. The van der Waals surface area contributed by atoms with Crippen molar-refractivity contribution in [2.75, 3.05) is 17.2 Å². The summed E-state index contributed by atoms with van der Waals surface area (Å²) in [6.07, 6.45) is 1.39. The molecule has 0 saturated heterocycles. The third-order valence-corrected chi connectivity index (χ3v) is 6.19. The molecule has 0 spiro atoms. The van der Waals surface area contributed by atoms with Crippen LogP contribution in [0, 0.1) is 13.7 Å². The molecule has 0 atom stereocenters. The van der Waals surface area contributed by atoms with E-state index in [1.54, 1.807) is 18.2 Å². The summed E-state index contributed by atoms with van der Waals surface area (Å²) in [6.45, 7) is 2.19. The number of nitrogens with zero attached hydrogens (tertiary/aromatic N) is 3. The molecular formula is C20H16ClFN6O2S3. The standard InChI is InChI=1S/C20H16ClFN6O2S3/c1-2-30-16-7-14-11(6-15(16)26-17(29)8-28-20(32)33-19(31)27-28)18(24-9-23-14)25-10-3-4-13(22)12(21)5-10/h3-7,9H,2,8H2,1H3,(H,26,29)(H,27,31)(H,23,24,25). The summed E-state index contributed by atoms with van der Waals surface area (Å²) >= 11 is 17.4. The van der Waals surface area contributed by atoms with E-state index in [0.29, 0.717) is 48.4 Å². The smallest absolute Gasteiger partial charge is 0.246 e. The zero-order chi connectivity index (χ0) is 23.5. The van der Waals surface area contributed by atoms with Crippen molar-refractivity contribution in [2.45, 2.75) is 13.5 Å². The Kier molecular flexibility index (Phi) is 6.98. The Labute approximate surface area is 206 Å². The minimum Gasteiger partial charge on any atom is -0.492 e. The van der Waals surface area contributed by atoms with Gasteiger partial charge in [-0.05, 0) is 55.6 Å².